The fourth-order valence-corrected chi connectivity index (χ4v) is 3.75. The van der Waals surface area contributed by atoms with Gasteiger partial charge in [0, 0.05) is 5.39 Å². The summed E-state index contributed by atoms with van der Waals surface area (Å²) in [7, 11) is 1.37. The van der Waals surface area contributed by atoms with Gasteiger partial charge in [-0.3, -0.25) is 9.48 Å². The van der Waals surface area contributed by atoms with E-state index in [0.29, 0.717) is 17.0 Å². The second-order valence-electron chi connectivity index (χ2n) is 6.45. The fraction of sp³-hybridized carbons (Fsp3) is 0.389. The third-order valence-corrected chi connectivity index (χ3v) is 4.98. The molecule has 0 aliphatic heterocycles. The Kier molecular flexibility index (Phi) is 3.40. The molecule has 0 saturated heterocycles. The number of methoxy groups -OCH3 is 1. The highest BCUT2D eigenvalue weighted by Crippen LogP contribution is 2.33. The summed E-state index contributed by atoms with van der Waals surface area (Å²) < 4.78 is 6.85. The van der Waals surface area contributed by atoms with Crippen LogP contribution in [0.4, 0.5) is 0 Å². The average molecular weight is 325 g/mol. The van der Waals surface area contributed by atoms with Crippen LogP contribution in [-0.2, 0) is 4.74 Å². The molecule has 1 N–H and O–H groups in total. The monoisotopic (exact) mass is 325 g/mol. The van der Waals surface area contributed by atoms with Crippen molar-refractivity contribution in [3.8, 4) is 0 Å². The number of H-pyrrole nitrogens is 1. The number of nitrogens with zero attached hydrogens (tertiary/aromatic N) is 2. The van der Waals surface area contributed by atoms with Crippen molar-refractivity contribution in [1.82, 2.24) is 14.8 Å². The number of aromatic amines is 1. The Morgan fingerprint density at radius 2 is 2.04 bits per heavy atom. The van der Waals surface area contributed by atoms with Crippen LogP contribution in [0.1, 0.15) is 47.6 Å². The van der Waals surface area contributed by atoms with E-state index in [2.05, 4.69) is 10.1 Å². The summed E-state index contributed by atoms with van der Waals surface area (Å²) in [6.45, 7) is 1.84. The number of pyridine rings is 1. The maximum absolute atomic E-state index is 12.4. The summed E-state index contributed by atoms with van der Waals surface area (Å²) in [5.41, 5.74) is 2.67. The number of esters is 1. The first-order chi connectivity index (χ1) is 11.6. The van der Waals surface area contributed by atoms with Gasteiger partial charge in [-0.05, 0) is 37.5 Å². The van der Waals surface area contributed by atoms with Crippen LogP contribution in [0, 0.1) is 6.92 Å². The van der Waals surface area contributed by atoms with Crippen LogP contribution >= 0.6 is 0 Å². The van der Waals surface area contributed by atoms with Crippen LogP contribution in [0.25, 0.3) is 21.8 Å². The Morgan fingerprint density at radius 3 is 2.75 bits per heavy atom. The summed E-state index contributed by atoms with van der Waals surface area (Å²) in [4.78, 5) is 27.4. The largest absolute Gasteiger partial charge is 0.465 e. The number of rotatable bonds is 2. The second kappa shape index (κ2) is 5.47. The van der Waals surface area contributed by atoms with E-state index in [1.54, 1.807) is 6.20 Å². The van der Waals surface area contributed by atoms with Gasteiger partial charge in [-0.25, -0.2) is 4.79 Å². The van der Waals surface area contributed by atoms with Gasteiger partial charge in [0.15, 0.2) is 0 Å². The molecule has 3 aromatic rings. The molecule has 124 valence electrons. The van der Waals surface area contributed by atoms with E-state index in [4.69, 9.17) is 4.74 Å². The summed E-state index contributed by atoms with van der Waals surface area (Å²) >= 11 is 0. The molecule has 2 aromatic heterocycles. The molecule has 1 fully saturated rings. The Labute approximate surface area is 138 Å². The molecule has 0 bridgehead atoms. The quantitative estimate of drug-likeness (QED) is 0.735. The number of carbonyl (C=O) groups is 1. The number of hydrogen-bond donors (Lipinski definition) is 1. The van der Waals surface area contributed by atoms with Gasteiger partial charge in [-0.2, -0.15) is 5.10 Å². The zero-order chi connectivity index (χ0) is 16.8. The van der Waals surface area contributed by atoms with Crippen molar-refractivity contribution >= 4 is 27.8 Å². The summed E-state index contributed by atoms with van der Waals surface area (Å²) in [6, 6.07) is 3.95. The van der Waals surface area contributed by atoms with Crippen molar-refractivity contribution in [1.29, 1.82) is 0 Å². The van der Waals surface area contributed by atoms with Crippen molar-refractivity contribution in [2.75, 3.05) is 7.11 Å². The number of ether oxygens (including phenoxy) is 1. The van der Waals surface area contributed by atoms with Gasteiger partial charge in [0.25, 0.3) is 5.56 Å². The molecular formula is C18H19N3O3. The first-order valence-electron chi connectivity index (χ1n) is 8.22. The van der Waals surface area contributed by atoms with Crippen LogP contribution in [0.15, 0.2) is 23.1 Å². The molecule has 0 atom stereocenters. The lowest BCUT2D eigenvalue weighted by Crippen LogP contribution is -2.11. The highest BCUT2D eigenvalue weighted by molar-refractivity contribution is 6.06. The lowest BCUT2D eigenvalue weighted by molar-refractivity contribution is 0.0600. The Balaban J connectivity index is 2.08. The van der Waals surface area contributed by atoms with E-state index in [1.165, 1.54) is 20.0 Å². The molecule has 24 heavy (non-hydrogen) atoms. The van der Waals surface area contributed by atoms with Gasteiger partial charge >= 0.3 is 5.97 Å². The third-order valence-electron chi connectivity index (χ3n) is 4.98. The zero-order valence-electron chi connectivity index (χ0n) is 13.8. The van der Waals surface area contributed by atoms with Crippen LogP contribution in [0.5, 0.6) is 0 Å². The summed E-state index contributed by atoms with van der Waals surface area (Å²) in [6.07, 6.45) is 6.13. The van der Waals surface area contributed by atoms with Crippen molar-refractivity contribution < 1.29 is 9.53 Å². The highest BCUT2D eigenvalue weighted by atomic mass is 16.5. The predicted octanol–water partition coefficient (Wildman–Crippen LogP) is 3.09. The predicted molar refractivity (Wildman–Crippen MR) is 91.4 cm³/mol. The molecule has 0 unspecified atom stereocenters. The molecule has 1 aliphatic carbocycles. The maximum Gasteiger partial charge on any atom is 0.338 e. The number of aromatic nitrogens is 3. The number of benzene rings is 1. The van der Waals surface area contributed by atoms with Crippen LogP contribution in [0.2, 0.25) is 0 Å². The Morgan fingerprint density at radius 1 is 1.29 bits per heavy atom. The lowest BCUT2D eigenvalue weighted by Gasteiger charge is -2.13. The molecule has 1 saturated carbocycles. The molecule has 4 rings (SSSR count). The molecule has 6 nitrogen and oxygen atoms in total. The minimum Gasteiger partial charge on any atom is -0.465 e. The third kappa shape index (κ3) is 2.13. The number of fused-ring (bicyclic) bond motifs is 3. The van der Waals surface area contributed by atoms with Crippen molar-refractivity contribution in [2.45, 2.75) is 38.6 Å². The lowest BCUT2D eigenvalue weighted by atomic mass is 10.0. The fourth-order valence-electron chi connectivity index (χ4n) is 3.75. The van der Waals surface area contributed by atoms with Gasteiger partial charge in [0.1, 0.15) is 0 Å². The zero-order valence-corrected chi connectivity index (χ0v) is 13.8. The van der Waals surface area contributed by atoms with Crippen LogP contribution < -0.4 is 5.56 Å². The van der Waals surface area contributed by atoms with Crippen molar-refractivity contribution in [2.24, 2.45) is 0 Å². The molecule has 6 heteroatoms. The minimum atomic E-state index is -0.374. The van der Waals surface area contributed by atoms with E-state index < -0.39 is 0 Å². The summed E-state index contributed by atoms with van der Waals surface area (Å²) in [5, 5.41) is 5.88. The average Bonchev–Trinajstić information content (AvgIpc) is 3.23. The number of hydrogen-bond acceptors (Lipinski definition) is 4. The van der Waals surface area contributed by atoms with E-state index in [1.807, 2.05) is 23.7 Å². The van der Waals surface area contributed by atoms with Gasteiger partial charge in [0.05, 0.1) is 41.3 Å². The van der Waals surface area contributed by atoms with Crippen LogP contribution in [-0.4, -0.2) is 27.8 Å². The second-order valence-corrected chi connectivity index (χ2v) is 6.45. The van der Waals surface area contributed by atoms with Gasteiger partial charge in [-0.15, -0.1) is 0 Å². The minimum absolute atomic E-state index is 0.146. The number of nitrogens with one attached hydrogen (secondary N) is 1. The molecule has 0 spiro atoms. The number of aryl methyl sites for hydroxylation is 1. The topological polar surface area (TPSA) is 77.0 Å². The standard InChI is InChI=1S/C18H19N3O3/c1-10-7-15-13(8-12(10)18(23)24-2)16-14(17(22)20-15)9-19-21(16)11-5-3-4-6-11/h7-9,11H,3-6H2,1-2H3,(H,20,22). The highest BCUT2D eigenvalue weighted by Gasteiger charge is 2.22. The van der Waals surface area contributed by atoms with Gasteiger partial charge in [-0.1, -0.05) is 12.8 Å². The molecule has 0 radical (unpaired) electrons. The SMILES string of the molecule is COC(=O)c1cc2c(cc1C)[nH]c(=O)c1cnn(C3CCCC3)c12. The van der Waals surface area contributed by atoms with Crippen molar-refractivity contribution in [3.63, 3.8) is 0 Å². The first-order valence-corrected chi connectivity index (χ1v) is 8.22. The molecule has 1 aromatic carbocycles. The first kappa shape index (κ1) is 14.9. The molecule has 0 amide bonds. The smallest absolute Gasteiger partial charge is 0.338 e. The van der Waals surface area contributed by atoms with Gasteiger partial charge < -0.3 is 9.72 Å². The van der Waals surface area contributed by atoms with Gasteiger partial charge in [0.2, 0.25) is 0 Å². The maximum atomic E-state index is 12.4. The Hall–Kier alpha value is -2.63. The summed E-state index contributed by atoms with van der Waals surface area (Å²) in [5.74, 6) is -0.374. The normalized spacial score (nSPS) is 15.4. The molecular weight excluding hydrogens is 306 g/mol. The molecule has 1 aliphatic rings. The van der Waals surface area contributed by atoms with Crippen LogP contribution in [0.3, 0.4) is 0 Å². The molecule has 2 heterocycles. The van der Waals surface area contributed by atoms with E-state index in [-0.39, 0.29) is 11.5 Å². The van der Waals surface area contributed by atoms with E-state index in [9.17, 15) is 9.59 Å². The Bertz CT molecular complexity index is 1010. The van der Waals surface area contributed by atoms with Crippen molar-refractivity contribution in [3.05, 3.63) is 39.8 Å². The van der Waals surface area contributed by atoms with E-state index in [0.717, 1.165) is 34.8 Å². The van der Waals surface area contributed by atoms with E-state index >= 15 is 0 Å². The number of carbonyl (C=O) groups excluding carboxylic acids is 1.